The molecule has 0 aliphatic heterocycles. The van der Waals surface area contributed by atoms with Crippen molar-refractivity contribution in [2.24, 2.45) is 0 Å². The molecule has 1 N–H and O–H groups in total. The molecule has 0 aliphatic rings. The fourth-order valence-electron chi connectivity index (χ4n) is 3.26. The van der Waals surface area contributed by atoms with E-state index in [0.717, 1.165) is 5.56 Å². The van der Waals surface area contributed by atoms with Crippen molar-refractivity contribution in [1.82, 2.24) is 14.8 Å². The van der Waals surface area contributed by atoms with Gasteiger partial charge in [-0.2, -0.15) is 36.1 Å². The third-order valence-electron chi connectivity index (χ3n) is 4.98. The van der Waals surface area contributed by atoms with E-state index in [2.05, 4.69) is 15.4 Å². The van der Waals surface area contributed by atoms with Crippen LogP contribution in [0.5, 0.6) is 5.75 Å². The number of nitrogens with one attached hydrogen (secondary N) is 1. The van der Waals surface area contributed by atoms with Crippen LogP contribution >= 0.6 is 11.3 Å². The van der Waals surface area contributed by atoms with E-state index in [4.69, 9.17) is 4.74 Å². The molecule has 4 aromatic rings. The predicted molar refractivity (Wildman–Crippen MR) is 120 cm³/mol. The Hall–Kier alpha value is -3.87. The van der Waals surface area contributed by atoms with Crippen molar-refractivity contribution < 1.29 is 35.9 Å². The van der Waals surface area contributed by atoms with Crippen LogP contribution in [0.15, 0.2) is 53.9 Å². The SMILES string of the molecule is COc1ccc(-c2csc(-n3nc(C)cc3NC(=O)c3cc(C(F)(F)F)cc(C(F)(F)F)c3)n2)cc1. The van der Waals surface area contributed by atoms with E-state index in [9.17, 15) is 31.1 Å². The third-order valence-corrected chi connectivity index (χ3v) is 5.80. The van der Waals surface area contributed by atoms with Gasteiger partial charge in [0.15, 0.2) is 0 Å². The number of hydrogen-bond donors (Lipinski definition) is 1. The van der Waals surface area contributed by atoms with Crippen LogP contribution < -0.4 is 10.1 Å². The highest BCUT2D eigenvalue weighted by molar-refractivity contribution is 7.12. The van der Waals surface area contributed by atoms with Gasteiger partial charge in [-0.25, -0.2) is 4.98 Å². The lowest BCUT2D eigenvalue weighted by molar-refractivity contribution is -0.143. The molecule has 4 rings (SSSR count). The molecule has 0 saturated carbocycles. The van der Waals surface area contributed by atoms with E-state index < -0.39 is 35.0 Å². The second-order valence-corrected chi connectivity index (χ2v) is 8.41. The van der Waals surface area contributed by atoms with E-state index in [1.165, 1.54) is 29.2 Å². The summed E-state index contributed by atoms with van der Waals surface area (Å²) in [6.45, 7) is 1.61. The van der Waals surface area contributed by atoms with Crippen molar-refractivity contribution in [3.05, 3.63) is 76.3 Å². The molecule has 2 heterocycles. The zero-order chi connectivity index (χ0) is 26.3. The number of anilines is 1. The maximum atomic E-state index is 13.2. The number of nitrogens with zero attached hydrogens (tertiary/aromatic N) is 3. The summed E-state index contributed by atoms with van der Waals surface area (Å²) < 4.78 is 85.4. The quantitative estimate of drug-likeness (QED) is 0.298. The van der Waals surface area contributed by atoms with E-state index in [0.29, 0.717) is 34.4 Å². The van der Waals surface area contributed by atoms with Crippen molar-refractivity contribution in [2.45, 2.75) is 19.3 Å². The van der Waals surface area contributed by atoms with Crippen molar-refractivity contribution in [3.63, 3.8) is 0 Å². The monoisotopic (exact) mass is 526 g/mol. The number of thiazole rings is 1. The van der Waals surface area contributed by atoms with Crippen LogP contribution in [0.2, 0.25) is 0 Å². The van der Waals surface area contributed by atoms with Crippen LogP contribution in [-0.2, 0) is 12.4 Å². The van der Waals surface area contributed by atoms with E-state index in [1.807, 2.05) is 0 Å². The Morgan fingerprint density at radius 2 is 1.58 bits per heavy atom. The van der Waals surface area contributed by atoms with Crippen LogP contribution in [0.4, 0.5) is 32.2 Å². The molecule has 0 radical (unpaired) electrons. The fraction of sp³-hybridized carbons (Fsp3) is 0.174. The predicted octanol–water partition coefficient (Wildman–Crippen LogP) is 6.60. The van der Waals surface area contributed by atoms with Crippen molar-refractivity contribution in [2.75, 3.05) is 12.4 Å². The molecule has 0 unspecified atom stereocenters. The fourth-order valence-corrected chi connectivity index (χ4v) is 4.06. The number of alkyl halides is 6. The summed E-state index contributed by atoms with van der Waals surface area (Å²) in [5.74, 6) is -0.482. The Bertz CT molecular complexity index is 1380. The topological polar surface area (TPSA) is 69.0 Å². The highest BCUT2D eigenvalue weighted by atomic mass is 32.1. The normalized spacial score (nSPS) is 12.0. The Morgan fingerprint density at radius 1 is 0.972 bits per heavy atom. The minimum absolute atomic E-state index is 0.0269. The maximum absolute atomic E-state index is 13.2. The second kappa shape index (κ2) is 9.30. The number of halogens is 6. The number of methoxy groups -OCH3 is 1. The minimum atomic E-state index is -5.08. The Kier molecular flexibility index (Phi) is 6.52. The smallest absolute Gasteiger partial charge is 0.416 e. The standard InChI is InChI=1S/C23H16F6N4O2S/c1-12-7-19(31-20(34)14-8-15(22(24,25)26)10-16(9-14)23(27,28)29)33(32-12)21-30-18(11-36-21)13-3-5-17(35-2)6-4-13/h3-11H,1-2H3,(H,31,34). The van der Waals surface area contributed by atoms with Gasteiger partial charge in [0.1, 0.15) is 11.6 Å². The van der Waals surface area contributed by atoms with Gasteiger partial charge in [0, 0.05) is 22.6 Å². The minimum Gasteiger partial charge on any atom is -0.497 e. The lowest BCUT2D eigenvalue weighted by atomic mass is 10.0. The molecule has 0 fully saturated rings. The van der Waals surface area contributed by atoms with Gasteiger partial charge in [0.25, 0.3) is 5.91 Å². The highest BCUT2D eigenvalue weighted by Crippen LogP contribution is 2.36. The molecular weight excluding hydrogens is 510 g/mol. The summed E-state index contributed by atoms with van der Waals surface area (Å²) in [5.41, 5.74) is -2.17. The first kappa shape index (κ1) is 25.2. The van der Waals surface area contributed by atoms with Crippen LogP contribution in [0, 0.1) is 6.92 Å². The summed E-state index contributed by atoms with van der Waals surface area (Å²) >= 11 is 1.18. The van der Waals surface area contributed by atoms with Gasteiger partial charge < -0.3 is 10.1 Å². The number of aryl methyl sites for hydroxylation is 1. The summed E-state index contributed by atoms with van der Waals surface area (Å²) in [4.78, 5) is 17.2. The van der Waals surface area contributed by atoms with Gasteiger partial charge in [-0.1, -0.05) is 0 Å². The van der Waals surface area contributed by atoms with Crippen molar-refractivity contribution in [3.8, 4) is 22.1 Å². The number of carbonyl (C=O) groups is 1. The summed E-state index contributed by atoms with van der Waals surface area (Å²) in [6.07, 6.45) is -10.2. The number of hydrogen-bond acceptors (Lipinski definition) is 5. The molecule has 188 valence electrons. The molecule has 0 atom stereocenters. The summed E-state index contributed by atoms with van der Waals surface area (Å²) in [6, 6.07) is 9.20. The van der Waals surface area contributed by atoms with Crippen molar-refractivity contribution >= 4 is 23.1 Å². The van der Waals surface area contributed by atoms with Crippen LogP contribution in [0.3, 0.4) is 0 Å². The lowest BCUT2D eigenvalue weighted by Gasteiger charge is -2.14. The lowest BCUT2D eigenvalue weighted by Crippen LogP contribution is -2.18. The van der Waals surface area contributed by atoms with Gasteiger partial charge >= 0.3 is 12.4 Å². The molecule has 6 nitrogen and oxygen atoms in total. The number of rotatable bonds is 5. The molecule has 2 aromatic heterocycles. The average Bonchev–Trinajstić information content (AvgIpc) is 3.44. The Balaban J connectivity index is 1.65. The average molecular weight is 526 g/mol. The van der Waals surface area contributed by atoms with Crippen LogP contribution in [-0.4, -0.2) is 27.8 Å². The molecule has 2 aromatic carbocycles. The number of carbonyl (C=O) groups excluding carboxylic acids is 1. The van der Waals surface area contributed by atoms with E-state index in [1.54, 1.807) is 36.6 Å². The second-order valence-electron chi connectivity index (χ2n) is 7.58. The van der Waals surface area contributed by atoms with Crippen LogP contribution in [0.25, 0.3) is 16.4 Å². The molecule has 13 heteroatoms. The number of benzene rings is 2. The summed E-state index contributed by atoms with van der Waals surface area (Å²) in [7, 11) is 1.54. The summed E-state index contributed by atoms with van der Waals surface area (Å²) in [5, 5.41) is 8.65. The van der Waals surface area contributed by atoms with Gasteiger partial charge in [0.2, 0.25) is 5.13 Å². The van der Waals surface area contributed by atoms with Gasteiger partial charge in [-0.3, -0.25) is 4.79 Å². The number of amides is 1. The highest BCUT2D eigenvalue weighted by Gasteiger charge is 2.37. The first-order valence-electron chi connectivity index (χ1n) is 10.1. The third kappa shape index (κ3) is 5.35. The van der Waals surface area contributed by atoms with Gasteiger partial charge in [0.05, 0.1) is 29.6 Å². The van der Waals surface area contributed by atoms with Crippen LogP contribution in [0.1, 0.15) is 27.2 Å². The Labute approximate surface area is 204 Å². The maximum Gasteiger partial charge on any atom is 0.416 e. The molecular formula is C23H16F6N4O2S. The zero-order valence-corrected chi connectivity index (χ0v) is 19.3. The number of ether oxygens (including phenoxy) is 1. The molecule has 0 spiro atoms. The van der Waals surface area contributed by atoms with E-state index in [-0.39, 0.29) is 11.9 Å². The molecule has 0 aliphatic carbocycles. The van der Waals surface area contributed by atoms with Gasteiger partial charge in [-0.15, -0.1) is 11.3 Å². The van der Waals surface area contributed by atoms with Gasteiger partial charge in [-0.05, 0) is 49.4 Å². The first-order chi connectivity index (χ1) is 16.8. The number of aromatic nitrogens is 3. The molecule has 1 amide bonds. The van der Waals surface area contributed by atoms with Crippen molar-refractivity contribution in [1.29, 1.82) is 0 Å². The molecule has 36 heavy (non-hydrogen) atoms. The first-order valence-corrected chi connectivity index (χ1v) is 11.0. The molecule has 0 saturated heterocycles. The van der Waals surface area contributed by atoms with E-state index >= 15 is 0 Å². The Morgan fingerprint density at radius 3 is 2.14 bits per heavy atom. The zero-order valence-electron chi connectivity index (χ0n) is 18.5. The molecule has 0 bridgehead atoms. The largest absolute Gasteiger partial charge is 0.497 e.